The smallest absolute Gasteiger partial charge is 0.207 e. The van der Waals surface area contributed by atoms with Gasteiger partial charge in [0.05, 0.1) is 6.61 Å². The standard InChI is InChI=1S/C9H12BrNO2/c1-4-13-8-5-6(2)11(12)7(3)9(8)10/h5H,4H2,1-3H3. The zero-order valence-electron chi connectivity index (χ0n) is 7.93. The van der Waals surface area contributed by atoms with E-state index in [1.807, 2.05) is 6.92 Å². The summed E-state index contributed by atoms with van der Waals surface area (Å²) in [5, 5.41) is 11.4. The maximum Gasteiger partial charge on any atom is 0.207 e. The van der Waals surface area contributed by atoms with Crippen LogP contribution in [0.25, 0.3) is 0 Å². The van der Waals surface area contributed by atoms with Gasteiger partial charge < -0.3 is 9.94 Å². The van der Waals surface area contributed by atoms with E-state index in [0.717, 1.165) is 15.0 Å². The normalized spacial score (nSPS) is 10.2. The lowest BCUT2D eigenvalue weighted by Gasteiger charge is -2.10. The zero-order chi connectivity index (χ0) is 10.0. The average Bonchev–Trinajstić information content (AvgIpc) is 2.11. The summed E-state index contributed by atoms with van der Waals surface area (Å²) >= 11 is 3.32. The van der Waals surface area contributed by atoms with Gasteiger partial charge in [0.15, 0.2) is 5.69 Å². The van der Waals surface area contributed by atoms with Crippen LogP contribution < -0.4 is 9.47 Å². The van der Waals surface area contributed by atoms with Gasteiger partial charge in [-0.2, -0.15) is 4.73 Å². The van der Waals surface area contributed by atoms with Gasteiger partial charge in [-0.3, -0.25) is 0 Å². The Morgan fingerprint density at radius 2 is 2.15 bits per heavy atom. The first-order valence-corrected chi connectivity index (χ1v) is 4.89. The van der Waals surface area contributed by atoms with Crippen molar-refractivity contribution in [3.05, 3.63) is 27.1 Å². The van der Waals surface area contributed by atoms with E-state index in [1.165, 1.54) is 0 Å². The van der Waals surface area contributed by atoms with E-state index in [-0.39, 0.29) is 0 Å². The first kappa shape index (κ1) is 10.3. The third-order valence-corrected chi connectivity index (χ3v) is 2.76. The molecule has 0 bridgehead atoms. The van der Waals surface area contributed by atoms with Gasteiger partial charge in [0.2, 0.25) is 5.69 Å². The average molecular weight is 246 g/mol. The Labute approximate surface area is 86.1 Å². The molecule has 13 heavy (non-hydrogen) atoms. The lowest BCUT2D eigenvalue weighted by molar-refractivity contribution is -0.619. The van der Waals surface area contributed by atoms with E-state index in [1.54, 1.807) is 19.9 Å². The van der Waals surface area contributed by atoms with Gasteiger partial charge in [-0.1, -0.05) is 0 Å². The molecule has 0 saturated carbocycles. The first-order valence-electron chi connectivity index (χ1n) is 4.10. The Morgan fingerprint density at radius 3 is 2.69 bits per heavy atom. The monoisotopic (exact) mass is 245 g/mol. The minimum atomic E-state index is 0.598. The number of aryl methyl sites for hydroxylation is 1. The summed E-state index contributed by atoms with van der Waals surface area (Å²) < 4.78 is 6.97. The number of hydrogen-bond acceptors (Lipinski definition) is 2. The molecule has 0 aliphatic rings. The van der Waals surface area contributed by atoms with Crippen LogP contribution in [-0.2, 0) is 0 Å². The first-order chi connectivity index (χ1) is 6.07. The number of pyridine rings is 1. The summed E-state index contributed by atoms with van der Waals surface area (Å²) in [5.74, 6) is 0.726. The molecule has 0 amide bonds. The molecule has 0 aromatic carbocycles. The van der Waals surface area contributed by atoms with Crippen LogP contribution in [0.15, 0.2) is 10.5 Å². The van der Waals surface area contributed by atoms with E-state index in [4.69, 9.17) is 4.74 Å². The van der Waals surface area contributed by atoms with Crippen LogP contribution in [-0.4, -0.2) is 6.61 Å². The second-order valence-electron chi connectivity index (χ2n) is 2.78. The van der Waals surface area contributed by atoms with Crippen molar-refractivity contribution in [2.24, 2.45) is 0 Å². The van der Waals surface area contributed by atoms with E-state index < -0.39 is 0 Å². The predicted molar refractivity (Wildman–Crippen MR) is 53.7 cm³/mol. The number of halogens is 1. The van der Waals surface area contributed by atoms with Crippen molar-refractivity contribution in [3.63, 3.8) is 0 Å². The molecule has 0 aliphatic heterocycles. The highest BCUT2D eigenvalue weighted by atomic mass is 79.9. The summed E-state index contributed by atoms with van der Waals surface area (Å²) in [4.78, 5) is 0. The second kappa shape index (κ2) is 3.96. The van der Waals surface area contributed by atoms with Gasteiger partial charge in [0.1, 0.15) is 10.2 Å². The van der Waals surface area contributed by atoms with Crippen LogP contribution in [0, 0.1) is 19.1 Å². The number of rotatable bonds is 2. The van der Waals surface area contributed by atoms with Gasteiger partial charge >= 0.3 is 0 Å². The highest BCUT2D eigenvalue weighted by Gasteiger charge is 2.14. The van der Waals surface area contributed by atoms with E-state index in [9.17, 15) is 5.21 Å². The maximum absolute atomic E-state index is 11.4. The van der Waals surface area contributed by atoms with Crippen molar-refractivity contribution < 1.29 is 9.47 Å². The summed E-state index contributed by atoms with van der Waals surface area (Å²) in [6.07, 6.45) is 0. The van der Waals surface area contributed by atoms with Crippen LogP contribution in [0.1, 0.15) is 18.3 Å². The van der Waals surface area contributed by atoms with Crippen molar-refractivity contribution in [1.82, 2.24) is 0 Å². The maximum atomic E-state index is 11.4. The third kappa shape index (κ3) is 1.94. The molecule has 0 aliphatic carbocycles. The Hall–Kier alpha value is -0.770. The molecule has 1 aromatic rings. The van der Waals surface area contributed by atoms with Gasteiger partial charge in [-0.05, 0) is 22.9 Å². The van der Waals surface area contributed by atoms with Crippen molar-refractivity contribution in [3.8, 4) is 5.75 Å². The molecule has 4 heteroatoms. The minimum Gasteiger partial charge on any atom is -0.618 e. The summed E-state index contributed by atoms with van der Waals surface area (Å²) in [6.45, 7) is 6.03. The van der Waals surface area contributed by atoms with Gasteiger partial charge in [-0.25, -0.2) is 0 Å². The van der Waals surface area contributed by atoms with Crippen LogP contribution in [0.4, 0.5) is 0 Å². The van der Waals surface area contributed by atoms with Crippen LogP contribution in [0.5, 0.6) is 5.75 Å². The molecule has 0 fully saturated rings. The summed E-state index contributed by atoms with van der Waals surface area (Å²) in [6, 6.07) is 1.73. The van der Waals surface area contributed by atoms with Crippen molar-refractivity contribution >= 4 is 15.9 Å². The topological polar surface area (TPSA) is 36.2 Å². The van der Waals surface area contributed by atoms with E-state index in [0.29, 0.717) is 18.0 Å². The fourth-order valence-electron chi connectivity index (χ4n) is 1.10. The van der Waals surface area contributed by atoms with Crippen LogP contribution in [0.2, 0.25) is 0 Å². The molecule has 0 N–H and O–H groups in total. The highest BCUT2D eigenvalue weighted by molar-refractivity contribution is 9.10. The molecule has 0 saturated heterocycles. The molecule has 3 nitrogen and oxygen atoms in total. The molecule has 0 atom stereocenters. The summed E-state index contributed by atoms with van der Waals surface area (Å²) in [7, 11) is 0. The highest BCUT2D eigenvalue weighted by Crippen LogP contribution is 2.26. The SMILES string of the molecule is CCOc1cc(C)[n+]([O-])c(C)c1Br. The third-order valence-electron chi connectivity index (χ3n) is 1.80. The Kier molecular flexibility index (Phi) is 3.14. The van der Waals surface area contributed by atoms with Crippen molar-refractivity contribution in [2.75, 3.05) is 6.61 Å². The lowest BCUT2D eigenvalue weighted by atomic mass is 10.3. The number of nitrogens with zero attached hydrogens (tertiary/aromatic N) is 1. The largest absolute Gasteiger partial charge is 0.618 e. The van der Waals surface area contributed by atoms with Crippen LogP contribution >= 0.6 is 15.9 Å². The Balaban J connectivity index is 3.24. The van der Waals surface area contributed by atoms with Crippen molar-refractivity contribution in [2.45, 2.75) is 20.8 Å². The molecule has 1 rings (SSSR count). The van der Waals surface area contributed by atoms with Crippen LogP contribution in [0.3, 0.4) is 0 Å². The molecule has 0 unspecified atom stereocenters. The number of ether oxygens (including phenoxy) is 1. The fraction of sp³-hybridized carbons (Fsp3) is 0.444. The second-order valence-corrected chi connectivity index (χ2v) is 3.57. The minimum absolute atomic E-state index is 0.598. The quantitative estimate of drug-likeness (QED) is 0.591. The van der Waals surface area contributed by atoms with Gasteiger partial charge in [0, 0.05) is 19.9 Å². The molecule has 72 valence electrons. The van der Waals surface area contributed by atoms with Gasteiger partial charge in [-0.15, -0.1) is 0 Å². The fourth-order valence-corrected chi connectivity index (χ4v) is 1.49. The number of aromatic nitrogens is 1. The molecule has 0 spiro atoms. The molecular formula is C9H12BrNO2. The molecule has 1 aromatic heterocycles. The Bertz CT molecular complexity index is 326. The molecule has 1 heterocycles. The summed E-state index contributed by atoms with van der Waals surface area (Å²) in [5.41, 5.74) is 1.27. The molecular weight excluding hydrogens is 234 g/mol. The zero-order valence-corrected chi connectivity index (χ0v) is 9.51. The number of hydrogen-bond donors (Lipinski definition) is 0. The predicted octanol–water partition coefficient (Wildman–Crippen LogP) is 2.10. The van der Waals surface area contributed by atoms with Gasteiger partial charge in [0.25, 0.3) is 0 Å². The van der Waals surface area contributed by atoms with E-state index in [2.05, 4.69) is 15.9 Å². The lowest BCUT2D eigenvalue weighted by Crippen LogP contribution is -2.34. The van der Waals surface area contributed by atoms with Crippen molar-refractivity contribution in [1.29, 1.82) is 0 Å². The van der Waals surface area contributed by atoms with E-state index >= 15 is 0 Å². The molecule has 0 radical (unpaired) electrons. The Morgan fingerprint density at radius 1 is 1.54 bits per heavy atom.